The maximum Gasteiger partial charge on any atom is 0.194 e. The first kappa shape index (κ1) is 16.1. The zero-order valence-corrected chi connectivity index (χ0v) is 14.2. The Labute approximate surface area is 145 Å². The monoisotopic (exact) mass is 395 g/mol. The third-order valence-electron chi connectivity index (χ3n) is 3.41. The molecule has 1 atom stereocenters. The standard InChI is InChI=1S/C16H12BrClFN3O/c17-12-3-1-2-10(4-12)7-22-8-11(5-14(22)19)15(23)13-6-20-9-21-16(13)18/h1-6,8-9,15,23H,7H2. The molecule has 0 aliphatic carbocycles. The Morgan fingerprint density at radius 3 is 2.91 bits per heavy atom. The molecule has 0 bridgehead atoms. The molecule has 2 heterocycles. The number of nitrogens with zero attached hydrogens (tertiary/aromatic N) is 3. The van der Waals surface area contributed by atoms with Gasteiger partial charge in [0.15, 0.2) is 5.95 Å². The van der Waals surface area contributed by atoms with Gasteiger partial charge in [-0.1, -0.05) is 39.7 Å². The van der Waals surface area contributed by atoms with Crippen LogP contribution in [0.3, 0.4) is 0 Å². The molecule has 7 heteroatoms. The number of hydrogen-bond acceptors (Lipinski definition) is 3. The van der Waals surface area contributed by atoms with E-state index in [1.54, 1.807) is 6.20 Å². The summed E-state index contributed by atoms with van der Waals surface area (Å²) in [5.41, 5.74) is 1.68. The van der Waals surface area contributed by atoms with E-state index in [1.165, 1.54) is 23.2 Å². The highest BCUT2D eigenvalue weighted by Gasteiger charge is 2.18. The van der Waals surface area contributed by atoms with Crippen LogP contribution in [0.25, 0.3) is 0 Å². The van der Waals surface area contributed by atoms with Crippen LogP contribution in [0.5, 0.6) is 0 Å². The molecule has 118 valence electrons. The molecule has 1 aromatic carbocycles. The molecular weight excluding hydrogens is 385 g/mol. The molecule has 0 aliphatic heterocycles. The molecule has 0 radical (unpaired) electrons. The number of rotatable bonds is 4. The van der Waals surface area contributed by atoms with Gasteiger partial charge in [0, 0.05) is 34.5 Å². The van der Waals surface area contributed by atoms with Gasteiger partial charge in [0.2, 0.25) is 0 Å². The molecule has 3 rings (SSSR count). The van der Waals surface area contributed by atoms with Crippen molar-refractivity contribution in [3.63, 3.8) is 0 Å². The Hall–Kier alpha value is -1.76. The second kappa shape index (κ2) is 6.78. The Morgan fingerprint density at radius 1 is 1.35 bits per heavy atom. The van der Waals surface area contributed by atoms with E-state index in [0.29, 0.717) is 17.7 Å². The summed E-state index contributed by atoms with van der Waals surface area (Å²) in [5.74, 6) is -0.438. The Kier molecular flexibility index (Phi) is 4.75. The highest BCUT2D eigenvalue weighted by Crippen LogP contribution is 2.27. The fraction of sp³-hybridized carbons (Fsp3) is 0.125. The molecule has 23 heavy (non-hydrogen) atoms. The van der Waals surface area contributed by atoms with Gasteiger partial charge in [0.05, 0.1) is 0 Å². The molecule has 0 amide bonds. The van der Waals surface area contributed by atoms with Crippen molar-refractivity contribution < 1.29 is 9.50 Å². The van der Waals surface area contributed by atoms with Crippen molar-refractivity contribution in [2.45, 2.75) is 12.6 Å². The molecule has 3 aromatic rings. The first-order chi connectivity index (χ1) is 11.0. The fourth-order valence-electron chi connectivity index (χ4n) is 2.29. The first-order valence-corrected chi connectivity index (χ1v) is 7.95. The number of hydrogen-bond donors (Lipinski definition) is 1. The van der Waals surface area contributed by atoms with Crippen LogP contribution in [0, 0.1) is 5.95 Å². The van der Waals surface area contributed by atoms with E-state index in [9.17, 15) is 9.50 Å². The van der Waals surface area contributed by atoms with Crippen LogP contribution in [-0.2, 0) is 6.54 Å². The average Bonchev–Trinajstić information content (AvgIpc) is 2.88. The maximum absolute atomic E-state index is 14.1. The van der Waals surface area contributed by atoms with Crippen LogP contribution in [0.15, 0.2) is 53.5 Å². The highest BCUT2D eigenvalue weighted by molar-refractivity contribution is 9.10. The second-order valence-electron chi connectivity index (χ2n) is 5.03. The van der Waals surface area contributed by atoms with Crippen molar-refractivity contribution in [2.24, 2.45) is 0 Å². The van der Waals surface area contributed by atoms with Crippen molar-refractivity contribution in [3.8, 4) is 0 Å². The molecule has 2 aromatic heterocycles. The van der Waals surface area contributed by atoms with E-state index in [-0.39, 0.29) is 5.15 Å². The van der Waals surface area contributed by atoms with Crippen LogP contribution in [0.2, 0.25) is 5.15 Å². The Bertz CT molecular complexity index is 840. The summed E-state index contributed by atoms with van der Waals surface area (Å²) in [6, 6.07) is 8.89. The largest absolute Gasteiger partial charge is 0.383 e. The molecular formula is C16H12BrClFN3O. The normalized spacial score (nSPS) is 12.3. The van der Waals surface area contributed by atoms with Gasteiger partial charge in [0.1, 0.15) is 17.6 Å². The van der Waals surface area contributed by atoms with Crippen molar-refractivity contribution in [1.29, 1.82) is 0 Å². The molecule has 0 saturated carbocycles. The average molecular weight is 397 g/mol. The van der Waals surface area contributed by atoms with Gasteiger partial charge < -0.3 is 9.67 Å². The zero-order valence-electron chi connectivity index (χ0n) is 11.8. The van der Waals surface area contributed by atoms with Crippen molar-refractivity contribution in [1.82, 2.24) is 14.5 Å². The summed E-state index contributed by atoms with van der Waals surface area (Å²) in [5, 5.41) is 10.5. The fourth-order valence-corrected chi connectivity index (χ4v) is 2.93. The predicted octanol–water partition coefficient (Wildman–Crippen LogP) is 3.96. The van der Waals surface area contributed by atoms with Crippen molar-refractivity contribution in [2.75, 3.05) is 0 Å². The first-order valence-electron chi connectivity index (χ1n) is 6.78. The lowest BCUT2D eigenvalue weighted by Crippen LogP contribution is -2.02. The van der Waals surface area contributed by atoms with E-state index in [1.807, 2.05) is 24.3 Å². The van der Waals surface area contributed by atoms with Crippen LogP contribution < -0.4 is 0 Å². The number of benzene rings is 1. The van der Waals surface area contributed by atoms with Crippen molar-refractivity contribution >= 4 is 27.5 Å². The summed E-state index contributed by atoms with van der Waals surface area (Å²) in [6.07, 6.45) is 3.19. The molecule has 1 unspecified atom stereocenters. The smallest absolute Gasteiger partial charge is 0.194 e. The summed E-state index contributed by atoms with van der Waals surface area (Å²) in [6.45, 7) is 0.358. The molecule has 0 saturated heterocycles. The van der Waals surface area contributed by atoms with Gasteiger partial charge in [-0.2, -0.15) is 4.39 Å². The molecule has 0 aliphatic rings. The van der Waals surface area contributed by atoms with E-state index in [2.05, 4.69) is 25.9 Å². The van der Waals surface area contributed by atoms with E-state index < -0.39 is 12.1 Å². The van der Waals surface area contributed by atoms with Gasteiger partial charge in [-0.15, -0.1) is 0 Å². The van der Waals surface area contributed by atoms with Crippen LogP contribution in [-0.4, -0.2) is 19.6 Å². The third-order valence-corrected chi connectivity index (χ3v) is 4.22. The lowest BCUT2D eigenvalue weighted by molar-refractivity contribution is 0.219. The van der Waals surface area contributed by atoms with Gasteiger partial charge in [-0.3, -0.25) is 0 Å². The summed E-state index contributed by atoms with van der Waals surface area (Å²) in [7, 11) is 0. The highest BCUT2D eigenvalue weighted by atomic mass is 79.9. The minimum absolute atomic E-state index is 0.146. The topological polar surface area (TPSA) is 50.9 Å². The van der Waals surface area contributed by atoms with Crippen LogP contribution in [0.1, 0.15) is 22.8 Å². The summed E-state index contributed by atoms with van der Waals surface area (Å²) < 4.78 is 16.5. The van der Waals surface area contributed by atoms with Crippen LogP contribution >= 0.6 is 27.5 Å². The maximum atomic E-state index is 14.1. The lowest BCUT2D eigenvalue weighted by atomic mass is 10.1. The molecule has 1 N–H and O–H groups in total. The van der Waals surface area contributed by atoms with Gasteiger partial charge >= 0.3 is 0 Å². The molecule has 0 spiro atoms. The van der Waals surface area contributed by atoms with E-state index in [4.69, 9.17) is 11.6 Å². The van der Waals surface area contributed by atoms with Gasteiger partial charge in [-0.05, 0) is 23.8 Å². The number of aliphatic hydroxyl groups is 1. The minimum Gasteiger partial charge on any atom is -0.383 e. The molecule has 0 fully saturated rings. The second-order valence-corrected chi connectivity index (χ2v) is 6.30. The van der Waals surface area contributed by atoms with Gasteiger partial charge in [0.25, 0.3) is 0 Å². The number of aliphatic hydroxyl groups excluding tert-OH is 1. The lowest BCUT2D eigenvalue weighted by Gasteiger charge is -2.09. The van der Waals surface area contributed by atoms with E-state index >= 15 is 0 Å². The minimum atomic E-state index is -1.08. The number of halogens is 3. The zero-order chi connectivity index (χ0) is 16.4. The third kappa shape index (κ3) is 3.60. The van der Waals surface area contributed by atoms with Gasteiger partial charge in [-0.25, -0.2) is 9.97 Å². The number of aromatic nitrogens is 3. The van der Waals surface area contributed by atoms with Crippen LogP contribution in [0.4, 0.5) is 4.39 Å². The predicted molar refractivity (Wildman–Crippen MR) is 88.7 cm³/mol. The quantitative estimate of drug-likeness (QED) is 0.679. The summed E-state index contributed by atoms with van der Waals surface area (Å²) >= 11 is 9.34. The van der Waals surface area contributed by atoms with Crippen molar-refractivity contribution in [3.05, 3.63) is 81.3 Å². The molecule has 4 nitrogen and oxygen atoms in total. The Balaban J connectivity index is 1.87. The Morgan fingerprint density at radius 2 is 2.17 bits per heavy atom. The van der Waals surface area contributed by atoms with E-state index in [0.717, 1.165) is 10.0 Å². The summed E-state index contributed by atoms with van der Waals surface area (Å²) in [4.78, 5) is 7.66. The SMILES string of the molecule is OC(c1cc(F)n(Cc2cccc(Br)c2)c1)c1cncnc1Cl.